The highest BCUT2D eigenvalue weighted by atomic mass is 19.1. The Bertz CT molecular complexity index is 354. The molecule has 1 aromatic carbocycles. The van der Waals surface area contributed by atoms with Gasteiger partial charge in [0.2, 0.25) is 0 Å². The first-order chi connectivity index (χ1) is 6.09. The summed E-state index contributed by atoms with van der Waals surface area (Å²) in [7, 11) is 0. The second-order valence-corrected chi connectivity index (χ2v) is 3.26. The van der Waals surface area contributed by atoms with Gasteiger partial charge in [0.25, 0.3) is 0 Å². The van der Waals surface area contributed by atoms with E-state index in [-0.39, 0.29) is 12.0 Å². The lowest BCUT2D eigenvalue weighted by atomic mass is 10.1. The molecule has 0 bridgehead atoms. The van der Waals surface area contributed by atoms with Gasteiger partial charge in [-0.05, 0) is 11.6 Å². The average Bonchev–Trinajstić information content (AvgIpc) is 2.27. The fourth-order valence-corrected chi connectivity index (χ4v) is 1.72. The standard InChI is InChI=1S/C9H9F2NO/c10-5-1-4-2-7(13)9(12)8(4)6(11)3-5/h1,3,7,9,13H,2,12H2/t7-,9+/m0/s1. The summed E-state index contributed by atoms with van der Waals surface area (Å²) in [5, 5.41) is 9.32. The van der Waals surface area contributed by atoms with Gasteiger partial charge in [0.15, 0.2) is 0 Å². The maximum atomic E-state index is 13.1. The molecule has 2 atom stereocenters. The number of rotatable bonds is 0. The fourth-order valence-electron chi connectivity index (χ4n) is 1.72. The first-order valence-electron chi connectivity index (χ1n) is 4.01. The molecule has 0 spiro atoms. The van der Waals surface area contributed by atoms with Crippen molar-refractivity contribution in [1.82, 2.24) is 0 Å². The monoisotopic (exact) mass is 185 g/mol. The summed E-state index contributed by atoms with van der Waals surface area (Å²) in [5.41, 5.74) is 6.24. The smallest absolute Gasteiger partial charge is 0.131 e. The molecule has 0 saturated carbocycles. The molecule has 0 saturated heterocycles. The Hall–Kier alpha value is -1.00. The first-order valence-corrected chi connectivity index (χ1v) is 4.01. The minimum absolute atomic E-state index is 0.227. The molecule has 0 heterocycles. The van der Waals surface area contributed by atoms with Crippen LogP contribution in [0.5, 0.6) is 0 Å². The van der Waals surface area contributed by atoms with Crippen LogP contribution in [0.15, 0.2) is 12.1 Å². The first kappa shape index (κ1) is 8.59. The molecule has 13 heavy (non-hydrogen) atoms. The van der Waals surface area contributed by atoms with Gasteiger partial charge in [-0.25, -0.2) is 8.78 Å². The topological polar surface area (TPSA) is 46.2 Å². The summed E-state index contributed by atoms with van der Waals surface area (Å²) in [6, 6.07) is 1.28. The third-order valence-electron chi connectivity index (χ3n) is 2.36. The number of halogens is 2. The van der Waals surface area contributed by atoms with Crippen LogP contribution in [0.4, 0.5) is 8.78 Å². The van der Waals surface area contributed by atoms with Crippen LogP contribution in [-0.2, 0) is 6.42 Å². The number of hydrogen-bond donors (Lipinski definition) is 2. The maximum Gasteiger partial charge on any atom is 0.131 e. The fraction of sp³-hybridized carbons (Fsp3) is 0.333. The Morgan fingerprint density at radius 2 is 2.08 bits per heavy atom. The van der Waals surface area contributed by atoms with Crippen molar-refractivity contribution in [3.8, 4) is 0 Å². The van der Waals surface area contributed by atoms with Crippen molar-refractivity contribution in [3.05, 3.63) is 34.9 Å². The zero-order valence-corrected chi connectivity index (χ0v) is 6.80. The summed E-state index contributed by atoms with van der Waals surface area (Å²) in [6.07, 6.45) is -0.572. The van der Waals surface area contributed by atoms with E-state index in [1.54, 1.807) is 0 Å². The van der Waals surface area contributed by atoms with E-state index in [4.69, 9.17) is 5.73 Å². The molecular formula is C9H9F2NO. The largest absolute Gasteiger partial charge is 0.391 e. The summed E-state index contributed by atoms with van der Waals surface area (Å²) in [5.74, 6) is -1.29. The SMILES string of the molecule is N[C@H]1c2c(F)cc(F)cc2C[C@@H]1O. The molecule has 3 N–H and O–H groups in total. The van der Waals surface area contributed by atoms with Gasteiger partial charge < -0.3 is 10.8 Å². The molecule has 1 aliphatic rings. The van der Waals surface area contributed by atoms with E-state index in [1.807, 2.05) is 0 Å². The molecular weight excluding hydrogens is 176 g/mol. The highest BCUT2D eigenvalue weighted by Gasteiger charge is 2.31. The van der Waals surface area contributed by atoms with Gasteiger partial charge in [0.1, 0.15) is 11.6 Å². The van der Waals surface area contributed by atoms with E-state index >= 15 is 0 Å². The zero-order valence-electron chi connectivity index (χ0n) is 6.80. The Balaban J connectivity index is 2.57. The van der Waals surface area contributed by atoms with Crippen LogP contribution in [0.25, 0.3) is 0 Å². The molecule has 0 fully saturated rings. The molecule has 0 aliphatic heterocycles. The van der Waals surface area contributed by atoms with E-state index < -0.39 is 23.8 Å². The average molecular weight is 185 g/mol. The summed E-state index contributed by atoms with van der Waals surface area (Å²) >= 11 is 0. The summed E-state index contributed by atoms with van der Waals surface area (Å²) in [4.78, 5) is 0. The number of nitrogens with two attached hydrogens (primary N) is 1. The Labute approximate surface area is 74.0 Å². The quantitative estimate of drug-likeness (QED) is 0.630. The van der Waals surface area contributed by atoms with Crippen LogP contribution in [0, 0.1) is 11.6 Å². The number of fused-ring (bicyclic) bond motifs is 1. The van der Waals surface area contributed by atoms with Crippen LogP contribution < -0.4 is 5.73 Å². The molecule has 1 aromatic rings. The molecule has 0 amide bonds. The van der Waals surface area contributed by atoms with Crippen molar-refractivity contribution in [2.24, 2.45) is 5.73 Å². The highest BCUT2D eigenvalue weighted by molar-refractivity contribution is 5.37. The van der Waals surface area contributed by atoms with Crippen LogP contribution in [-0.4, -0.2) is 11.2 Å². The van der Waals surface area contributed by atoms with Crippen molar-refractivity contribution >= 4 is 0 Å². The lowest BCUT2D eigenvalue weighted by molar-refractivity contribution is 0.157. The van der Waals surface area contributed by atoms with Gasteiger partial charge in [0, 0.05) is 18.1 Å². The van der Waals surface area contributed by atoms with Gasteiger partial charge >= 0.3 is 0 Å². The number of aliphatic hydroxyl groups excluding tert-OH is 1. The van der Waals surface area contributed by atoms with Crippen molar-refractivity contribution < 1.29 is 13.9 Å². The minimum Gasteiger partial charge on any atom is -0.391 e. The second-order valence-electron chi connectivity index (χ2n) is 3.26. The number of benzene rings is 1. The van der Waals surface area contributed by atoms with E-state index in [9.17, 15) is 13.9 Å². The van der Waals surface area contributed by atoms with Gasteiger partial charge in [-0.3, -0.25) is 0 Å². The van der Waals surface area contributed by atoms with E-state index in [0.29, 0.717) is 5.56 Å². The summed E-state index contributed by atoms with van der Waals surface area (Å²) < 4.78 is 25.9. The molecule has 4 heteroatoms. The van der Waals surface area contributed by atoms with E-state index in [0.717, 1.165) is 6.07 Å². The summed E-state index contributed by atoms with van der Waals surface area (Å²) in [6.45, 7) is 0. The molecule has 2 nitrogen and oxygen atoms in total. The van der Waals surface area contributed by atoms with Crippen molar-refractivity contribution in [2.75, 3.05) is 0 Å². The van der Waals surface area contributed by atoms with Crippen molar-refractivity contribution in [1.29, 1.82) is 0 Å². The second kappa shape index (κ2) is 2.75. The number of hydrogen-bond acceptors (Lipinski definition) is 2. The molecule has 0 radical (unpaired) electrons. The van der Waals surface area contributed by atoms with Gasteiger partial charge in [-0.15, -0.1) is 0 Å². The Morgan fingerprint density at radius 1 is 1.38 bits per heavy atom. The highest BCUT2D eigenvalue weighted by Crippen LogP contribution is 2.32. The van der Waals surface area contributed by atoms with E-state index in [1.165, 1.54) is 6.07 Å². The maximum absolute atomic E-state index is 13.1. The predicted molar refractivity (Wildman–Crippen MR) is 43.0 cm³/mol. The van der Waals surface area contributed by atoms with Gasteiger partial charge in [-0.1, -0.05) is 0 Å². The third kappa shape index (κ3) is 1.22. The lowest BCUT2D eigenvalue weighted by Crippen LogP contribution is -2.21. The molecule has 1 aliphatic carbocycles. The Morgan fingerprint density at radius 3 is 2.77 bits per heavy atom. The third-order valence-corrected chi connectivity index (χ3v) is 2.36. The lowest BCUT2D eigenvalue weighted by Gasteiger charge is -2.09. The van der Waals surface area contributed by atoms with Crippen molar-refractivity contribution in [2.45, 2.75) is 18.6 Å². The Kier molecular flexibility index (Phi) is 1.82. The normalized spacial score (nSPS) is 26.2. The molecule has 70 valence electrons. The molecule has 2 rings (SSSR count). The van der Waals surface area contributed by atoms with Crippen LogP contribution in [0.2, 0.25) is 0 Å². The zero-order chi connectivity index (χ0) is 9.59. The molecule has 0 aromatic heterocycles. The van der Waals surface area contributed by atoms with Gasteiger partial charge in [-0.2, -0.15) is 0 Å². The predicted octanol–water partition coefficient (Wildman–Crippen LogP) is 0.882. The van der Waals surface area contributed by atoms with Crippen LogP contribution in [0.1, 0.15) is 17.2 Å². The van der Waals surface area contributed by atoms with Gasteiger partial charge in [0.05, 0.1) is 12.1 Å². The van der Waals surface area contributed by atoms with Crippen molar-refractivity contribution in [3.63, 3.8) is 0 Å². The number of aliphatic hydroxyl groups is 1. The molecule has 0 unspecified atom stereocenters. The minimum atomic E-state index is -0.800. The van der Waals surface area contributed by atoms with E-state index in [2.05, 4.69) is 0 Å². The van der Waals surface area contributed by atoms with Crippen LogP contribution >= 0.6 is 0 Å². The van der Waals surface area contributed by atoms with Crippen LogP contribution in [0.3, 0.4) is 0 Å².